The summed E-state index contributed by atoms with van der Waals surface area (Å²) in [6.45, 7) is 2.97. The van der Waals surface area contributed by atoms with E-state index < -0.39 is 0 Å². The molecule has 0 amide bonds. The molecule has 2 heterocycles. The zero-order valence-electron chi connectivity index (χ0n) is 13.6. The van der Waals surface area contributed by atoms with Crippen molar-refractivity contribution in [1.29, 1.82) is 5.26 Å². The van der Waals surface area contributed by atoms with Crippen molar-refractivity contribution >= 4 is 11.8 Å². The highest BCUT2D eigenvalue weighted by Crippen LogP contribution is 2.38. The number of likely N-dealkylation sites (tertiary alicyclic amines) is 1. The highest BCUT2D eigenvalue weighted by Gasteiger charge is 2.41. The number of nitrogen functional groups attached to an aromatic ring is 1. The molecule has 6 nitrogen and oxygen atoms in total. The first-order valence-corrected chi connectivity index (χ1v) is 8.08. The fraction of sp³-hybridized carbons (Fsp3) is 0.588. The van der Waals surface area contributed by atoms with Crippen LogP contribution in [-0.4, -0.2) is 42.1 Å². The minimum atomic E-state index is -0.113. The Morgan fingerprint density at radius 3 is 3.04 bits per heavy atom. The number of ether oxygens (including phenoxy) is 1. The number of anilines is 1. The molecule has 1 fully saturated rings. The van der Waals surface area contributed by atoms with Crippen molar-refractivity contribution in [1.82, 2.24) is 9.88 Å². The zero-order valence-corrected chi connectivity index (χ0v) is 13.6. The predicted octanol–water partition coefficient (Wildman–Crippen LogP) is 1.13. The Labute approximate surface area is 136 Å². The van der Waals surface area contributed by atoms with Crippen molar-refractivity contribution in [3.8, 4) is 6.07 Å². The molecule has 6 heteroatoms. The van der Waals surface area contributed by atoms with Crippen LogP contribution in [0.5, 0.6) is 0 Å². The van der Waals surface area contributed by atoms with Gasteiger partial charge in [0, 0.05) is 18.8 Å². The lowest BCUT2D eigenvalue weighted by Crippen LogP contribution is -2.52. The Bertz CT molecular complexity index is 667. The van der Waals surface area contributed by atoms with Crippen LogP contribution < -0.4 is 5.73 Å². The van der Waals surface area contributed by atoms with E-state index in [0.717, 1.165) is 36.9 Å². The van der Waals surface area contributed by atoms with Gasteiger partial charge in [0.1, 0.15) is 11.9 Å². The van der Waals surface area contributed by atoms with Crippen LogP contribution in [0.2, 0.25) is 0 Å². The molecule has 0 bridgehead atoms. The molecule has 1 aliphatic heterocycles. The minimum absolute atomic E-state index is 0.0903. The normalized spacial score (nSPS) is 26.7. The number of carbonyl (C=O) groups is 1. The third kappa shape index (κ3) is 2.77. The fourth-order valence-corrected chi connectivity index (χ4v) is 4.04. The topological polar surface area (TPSA) is 92.2 Å². The lowest BCUT2D eigenvalue weighted by Gasteiger charge is -2.45. The number of nitrogens with zero attached hydrogens (tertiary/aromatic N) is 3. The lowest BCUT2D eigenvalue weighted by atomic mass is 9.72. The van der Waals surface area contributed by atoms with Crippen molar-refractivity contribution < 1.29 is 9.53 Å². The molecule has 1 aromatic rings. The van der Waals surface area contributed by atoms with E-state index in [-0.39, 0.29) is 11.9 Å². The van der Waals surface area contributed by atoms with Crippen molar-refractivity contribution in [2.24, 2.45) is 11.8 Å². The SMILES string of the molecule is CCOC(=O)[C@@H]1C[C@@H]2Cc3c(cnc(N)c3C#N)CC2N(C)C1. The highest BCUT2D eigenvalue weighted by molar-refractivity contribution is 5.73. The molecule has 0 aromatic carbocycles. The van der Waals surface area contributed by atoms with Crippen LogP contribution in [0.15, 0.2) is 6.20 Å². The van der Waals surface area contributed by atoms with Gasteiger partial charge in [0.05, 0.1) is 18.1 Å². The van der Waals surface area contributed by atoms with E-state index in [1.165, 1.54) is 0 Å². The third-order valence-corrected chi connectivity index (χ3v) is 5.14. The van der Waals surface area contributed by atoms with E-state index in [0.29, 0.717) is 29.9 Å². The summed E-state index contributed by atoms with van der Waals surface area (Å²) in [4.78, 5) is 18.5. The molecule has 122 valence electrons. The zero-order chi connectivity index (χ0) is 16.6. The molecule has 0 radical (unpaired) electrons. The Morgan fingerprint density at radius 1 is 1.57 bits per heavy atom. The van der Waals surface area contributed by atoms with Crippen LogP contribution >= 0.6 is 0 Å². The average Bonchev–Trinajstić information content (AvgIpc) is 2.53. The molecule has 1 unspecified atom stereocenters. The summed E-state index contributed by atoms with van der Waals surface area (Å²) >= 11 is 0. The standard InChI is InChI=1S/C17H22N4O2/c1-3-23-17(22)12-4-10-5-13-11(6-15(10)21(2)9-12)8-20-16(19)14(13)7-18/h8,10,12,15H,3-6,9H2,1-2H3,(H2,19,20)/t10-,12-,15?/m1/s1. The molecule has 23 heavy (non-hydrogen) atoms. The van der Waals surface area contributed by atoms with Gasteiger partial charge in [-0.3, -0.25) is 4.79 Å². The quantitative estimate of drug-likeness (QED) is 0.823. The van der Waals surface area contributed by atoms with Crippen LogP contribution in [0.1, 0.15) is 30.0 Å². The van der Waals surface area contributed by atoms with Gasteiger partial charge in [-0.15, -0.1) is 0 Å². The average molecular weight is 314 g/mol. The number of carbonyl (C=O) groups excluding carboxylic acids is 1. The van der Waals surface area contributed by atoms with E-state index in [1.54, 1.807) is 6.20 Å². The molecule has 3 atom stereocenters. The van der Waals surface area contributed by atoms with Gasteiger partial charge < -0.3 is 15.4 Å². The summed E-state index contributed by atoms with van der Waals surface area (Å²) in [6, 6.07) is 2.57. The molecule has 2 aliphatic rings. The Hall–Kier alpha value is -2.13. The second-order valence-corrected chi connectivity index (χ2v) is 6.49. The molecule has 0 saturated carbocycles. The summed E-state index contributed by atoms with van der Waals surface area (Å²) in [5, 5.41) is 9.38. The summed E-state index contributed by atoms with van der Waals surface area (Å²) in [5.74, 6) is 0.436. The molecule has 1 aromatic heterocycles. The maximum Gasteiger partial charge on any atom is 0.310 e. The van der Waals surface area contributed by atoms with Gasteiger partial charge in [-0.2, -0.15) is 5.26 Å². The highest BCUT2D eigenvalue weighted by atomic mass is 16.5. The maximum absolute atomic E-state index is 12.1. The molecule has 0 spiro atoms. The first-order chi connectivity index (χ1) is 11.0. The van der Waals surface area contributed by atoms with Gasteiger partial charge >= 0.3 is 5.97 Å². The van der Waals surface area contributed by atoms with E-state index in [4.69, 9.17) is 10.5 Å². The van der Waals surface area contributed by atoms with Crippen LogP contribution in [0.3, 0.4) is 0 Å². The number of piperidine rings is 1. The molecule has 1 saturated heterocycles. The number of fused-ring (bicyclic) bond motifs is 2. The number of rotatable bonds is 2. The van der Waals surface area contributed by atoms with Crippen molar-refractivity contribution in [3.63, 3.8) is 0 Å². The van der Waals surface area contributed by atoms with Gasteiger partial charge in [0.25, 0.3) is 0 Å². The molecule has 3 rings (SSSR count). The number of likely N-dealkylation sites (N-methyl/N-ethyl adjacent to an activating group) is 1. The smallest absolute Gasteiger partial charge is 0.310 e. The molecular weight excluding hydrogens is 292 g/mol. The predicted molar refractivity (Wildman–Crippen MR) is 85.4 cm³/mol. The van der Waals surface area contributed by atoms with Gasteiger partial charge in [0.15, 0.2) is 0 Å². The van der Waals surface area contributed by atoms with Gasteiger partial charge in [0.2, 0.25) is 0 Å². The molecular formula is C17H22N4O2. The summed E-state index contributed by atoms with van der Waals surface area (Å²) < 4.78 is 5.19. The van der Waals surface area contributed by atoms with Crippen LogP contribution in [-0.2, 0) is 22.4 Å². The Balaban J connectivity index is 1.88. The number of hydrogen-bond donors (Lipinski definition) is 1. The third-order valence-electron chi connectivity index (χ3n) is 5.14. The number of nitrogens with two attached hydrogens (primary N) is 1. The van der Waals surface area contributed by atoms with Crippen LogP contribution in [0.25, 0.3) is 0 Å². The van der Waals surface area contributed by atoms with E-state index in [2.05, 4.69) is 23.0 Å². The largest absolute Gasteiger partial charge is 0.466 e. The second kappa shape index (κ2) is 6.17. The number of hydrogen-bond acceptors (Lipinski definition) is 6. The fourth-order valence-electron chi connectivity index (χ4n) is 4.04. The first-order valence-electron chi connectivity index (χ1n) is 8.08. The van der Waals surface area contributed by atoms with Crippen molar-refractivity contribution in [3.05, 3.63) is 22.9 Å². The van der Waals surface area contributed by atoms with Gasteiger partial charge in [-0.05, 0) is 50.3 Å². The van der Waals surface area contributed by atoms with Gasteiger partial charge in [-0.1, -0.05) is 0 Å². The maximum atomic E-state index is 12.1. The van der Waals surface area contributed by atoms with Crippen molar-refractivity contribution in [2.75, 3.05) is 25.9 Å². The number of pyridine rings is 1. The van der Waals surface area contributed by atoms with Crippen molar-refractivity contribution in [2.45, 2.75) is 32.2 Å². The minimum Gasteiger partial charge on any atom is -0.466 e. The Kier molecular flexibility index (Phi) is 4.22. The second-order valence-electron chi connectivity index (χ2n) is 6.49. The number of nitriles is 1. The summed E-state index contributed by atoms with van der Waals surface area (Å²) in [6.07, 6.45) is 4.23. The first kappa shape index (κ1) is 15.8. The van der Waals surface area contributed by atoms with E-state index in [9.17, 15) is 10.1 Å². The van der Waals surface area contributed by atoms with Gasteiger partial charge in [-0.25, -0.2) is 4.98 Å². The summed E-state index contributed by atoms with van der Waals surface area (Å²) in [7, 11) is 2.06. The monoisotopic (exact) mass is 314 g/mol. The molecule has 2 N–H and O–H groups in total. The van der Waals surface area contributed by atoms with E-state index in [1.807, 2.05) is 6.92 Å². The molecule has 1 aliphatic carbocycles. The number of esters is 1. The number of aromatic nitrogens is 1. The van der Waals surface area contributed by atoms with E-state index >= 15 is 0 Å². The summed E-state index contributed by atoms with van der Waals surface area (Å²) in [5.41, 5.74) is 8.47. The van der Waals surface area contributed by atoms with Crippen LogP contribution in [0.4, 0.5) is 5.82 Å². The van der Waals surface area contributed by atoms with Crippen LogP contribution in [0, 0.1) is 23.2 Å². The Morgan fingerprint density at radius 2 is 2.35 bits per heavy atom. The lowest BCUT2D eigenvalue weighted by molar-refractivity contribution is -0.151.